The fourth-order valence-corrected chi connectivity index (χ4v) is 4.44. The average Bonchev–Trinajstić information content (AvgIpc) is 3.14. The predicted molar refractivity (Wildman–Crippen MR) is 123 cm³/mol. The first-order valence-electron chi connectivity index (χ1n) is 10.9. The third kappa shape index (κ3) is 3.24. The molecule has 0 fully saturated rings. The molecule has 8 heteroatoms. The number of hydrogen-bond donors (Lipinski definition) is 1. The molecule has 8 nitrogen and oxygen atoms in total. The lowest BCUT2D eigenvalue weighted by atomic mass is 9.86. The van der Waals surface area contributed by atoms with Crippen LogP contribution in [-0.2, 0) is 33.1 Å². The molecule has 0 aliphatic carbocycles. The lowest BCUT2D eigenvalue weighted by Crippen LogP contribution is -2.44. The maximum absolute atomic E-state index is 13.4. The number of esters is 1. The summed E-state index contributed by atoms with van der Waals surface area (Å²) in [5.74, 6) is -0.737. The second-order valence-corrected chi connectivity index (χ2v) is 9.41. The molecule has 4 heterocycles. The van der Waals surface area contributed by atoms with E-state index >= 15 is 0 Å². The number of pyridine rings is 2. The van der Waals surface area contributed by atoms with Crippen molar-refractivity contribution in [3.05, 3.63) is 62.9 Å². The summed E-state index contributed by atoms with van der Waals surface area (Å²) < 4.78 is 6.76. The first kappa shape index (κ1) is 21.3. The Morgan fingerprint density at radius 2 is 2.03 bits per heavy atom. The van der Waals surface area contributed by atoms with E-state index in [0.717, 1.165) is 22.0 Å². The van der Waals surface area contributed by atoms with Crippen molar-refractivity contribution in [2.24, 2.45) is 5.16 Å². The van der Waals surface area contributed by atoms with Crippen LogP contribution >= 0.6 is 0 Å². The van der Waals surface area contributed by atoms with Crippen LogP contribution in [0.1, 0.15) is 56.4 Å². The van der Waals surface area contributed by atoms with Gasteiger partial charge in [-0.15, -0.1) is 0 Å². The van der Waals surface area contributed by atoms with E-state index in [-0.39, 0.29) is 18.6 Å². The number of para-hydroxylation sites is 1. The molecule has 0 spiro atoms. The van der Waals surface area contributed by atoms with Crippen LogP contribution in [0.2, 0.25) is 0 Å². The minimum Gasteiger partial charge on any atom is -0.458 e. The lowest BCUT2D eigenvalue weighted by Gasteiger charge is -2.31. The predicted octanol–water partition coefficient (Wildman–Crippen LogP) is 3.23. The van der Waals surface area contributed by atoms with Crippen molar-refractivity contribution < 1.29 is 19.5 Å². The fraction of sp³-hybridized carbons (Fsp3) is 0.360. The summed E-state index contributed by atoms with van der Waals surface area (Å²) in [4.78, 5) is 36.2. The van der Waals surface area contributed by atoms with Gasteiger partial charge in [0.05, 0.1) is 35.2 Å². The molecule has 1 atom stereocenters. The van der Waals surface area contributed by atoms with E-state index in [1.165, 1.54) is 0 Å². The van der Waals surface area contributed by atoms with Crippen LogP contribution in [-0.4, -0.2) is 32.4 Å². The van der Waals surface area contributed by atoms with E-state index in [4.69, 9.17) is 14.6 Å². The molecule has 1 aromatic carbocycles. The van der Waals surface area contributed by atoms with Crippen LogP contribution in [0.3, 0.4) is 0 Å². The van der Waals surface area contributed by atoms with Gasteiger partial charge in [0.2, 0.25) is 0 Å². The quantitative estimate of drug-likeness (QED) is 0.294. The Morgan fingerprint density at radius 3 is 2.76 bits per heavy atom. The number of carbonyl (C=O) groups excluding carboxylic acids is 1. The summed E-state index contributed by atoms with van der Waals surface area (Å²) in [6, 6.07) is 9.39. The van der Waals surface area contributed by atoms with Crippen molar-refractivity contribution in [3.63, 3.8) is 0 Å². The van der Waals surface area contributed by atoms with Gasteiger partial charge < -0.3 is 19.2 Å². The van der Waals surface area contributed by atoms with Crippen molar-refractivity contribution in [2.75, 3.05) is 0 Å². The van der Waals surface area contributed by atoms with E-state index in [1.807, 2.05) is 45.0 Å². The Kier molecular flexibility index (Phi) is 4.68. The van der Waals surface area contributed by atoms with E-state index in [0.29, 0.717) is 29.1 Å². The number of nitrogens with zero attached hydrogens (tertiary/aromatic N) is 3. The molecule has 5 rings (SSSR count). The SMILES string of the molecule is CCC1(O)C(=O)OCc2c1cc1n(c2=O)Cc2c-1nc1ccccc1c2/C=N/OC(C)(C)C. The number of carbonyl (C=O) groups is 1. The van der Waals surface area contributed by atoms with Gasteiger partial charge in [-0.05, 0) is 39.3 Å². The third-order valence-electron chi connectivity index (χ3n) is 6.15. The van der Waals surface area contributed by atoms with Crippen LogP contribution in [0.25, 0.3) is 22.3 Å². The number of ether oxygens (including phenoxy) is 1. The van der Waals surface area contributed by atoms with Crippen molar-refractivity contribution in [1.82, 2.24) is 9.55 Å². The zero-order chi connectivity index (χ0) is 23.5. The number of rotatable bonds is 3. The fourth-order valence-electron chi connectivity index (χ4n) is 4.44. The standard InChI is InChI=1S/C25H25N3O5/c1-5-25(31)18-10-20-21-16(12-28(20)22(29)17(18)13-32-23(25)30)15(11-26-33-24(2,3)4)14-8-6-7-9-19(14)27-21/h6-11,31H,5,12-13H2,1-4H3/b26-11+. The van der Waals surface area contributed by atoms with E-state index in [2.05, 4.69) is 5.16 Å². The molecule has 2 aliphatic rings. The zero-order valence-electron chi connectivity index (χ0n) is 19.0. The highest BCUT2D eigenvalue weighted by Gasteiger charge is 2.45. The number of cyclic esters (lactones) is 1. The molecule has 2 aromatic heterocycles. The molecule has 0 saturated carbocycles. The second kappa shape index (κ2) is 7.25. The topological polar surface area (TPSA) is 103 Å². The first-order chi connectivity index (χ1) is 15.6. The average molecular weight is 447 g/mol. The van der Waals surface area contributed by atoms with Crippen LogP contribution in [0.4, 0.5) is 0 Å². The Morgan fingerprint density at radius 1 is 1.27 bits per heavy atom. The van der Waals surface area contributed by atoms with Gasteiger partial charge in [0.1, 0.15) is 12.2 Å². The zero-order valence-corrected chi connectivity index (χ0v) is 19.0. The highest BCUT2D eigenvalue weighted by atomic mass is 16.6. The van der Waals surface area contributed by atoms with Crippen LogP contribution in [0.5, 0.6) is 0 Å². The number of benzene rings is 1. The first-order valence-corrected chi connectivity index (χ1v) is 10.9. The molecule has 3 aromatic rings. The van der Waals surface area contributed by atoms with Crippen LogP contribution < -0.4 is 5.56 Å². The molecule has 0 bridgehead atoms. The summed E-state index contributed by atoms with van der Waals surface area (Å²) >= 11 is 0. The van der Waals surface area contributed by atoms with E-state index < -0.39 is 17.2 Å². The Labute approximate surface area is 190 Å². The smallest absolute Gasteiger partial charge is 0.343 e. The summed E-state index contributed by atoms with van der Waals surface area (Å²) in [7, 11) is 0. The van der Waals surface area contributed by atoms with Gasteiger partial charge in [0.15, 0.2) is 5.60 Å². The van der Waals surface area contributed by atoms with E-state index in [1.54, 1.807) is 23.8 Å². The normalized spacial score (nSPS) is 19.4. The number of aliphatic hydroxyl groups is 1. The Balaban J connectivity index is 1.75. The Hall–Kier alpha value is -3.52. The van der Waals surface area contributed by atoms with Gasteiger partial charge in [-0.1, -0.05) is 30.3 Å². The molecule has 2 aliphatic heterocycles. The Bertz CT molecular complexity index is 1400. The molecule has 0 saturated heterocycles. The van der Waals surface area contributed by atoms with E-state index in [9.17, 15) is 14.7 Å². The number of oxime groups is 1. The summed E-state index contributed by atoms with van der Waals surface area (Å²) in [5, 5.41) is 16.1. The minimum absolute atomic E-state index is 0.0990. The van der Waals surface area contributed by atoms with Gasteiger partial charge >= 0.3 is 5.97 Å². The van der Waals surface area contributed by atoms with Crippen molar-refractivity contribution in [3.8, 4) is 11.4 Å². The molecule has 170 valence electrons. The van der Waals surface area contributed by atoms with Gasteiger partial charge in [0, 0.05) is 22.1 Å². The molecule has 0 amide bonds. The maximum Gasteiger partial charge on any atom is 0.343 e. The summed E-state index contributed by atoms with van der Waals surface area (Å²) in [5.41, 5.74) is 1.59. The van der Waals surface area contributed by atoms with Crippen LogP contribution in [0.15, 0.2) is 40.3 Å². The van der Waals surface area contributed by atoms with Crippen molar-refractivity contribution in [2.45, 2.75) is 58.5 Å². The molecule has 1 N–H and O–H groups in total. The number of aromatic nitrogens is 2. The summed E-state index contributed by atoms with van der Waals surface area (Å²) in [6.07, 6.45) is 1.77. The minimum atomic E-state index is -1.85. The van der Waals surface area contributed by atoms with Gasteiger partial charge in [-0.25, -0.2) is 9.78 Å². The largest absolute Gasteiger partial charge is 0.458 e. The molecule has 33 heavy (non-hydrogen) atoms. The van der Waals surface area contributed by atoms with Gasteiger partial charge in [-0.3, -0.25) is 4.79 Å². The molecular formula is C25H25N3O5. The number of fused-ring (bicyclic) bond motifs is 5. The van der Waals surface area contributed by atoms with Crippen LogP contribution in [0, 0.1) is 0 Å². The number of hydrogen-bond acceptors (Lipinski definition) is 7. The summed E-state index contributed by atoms with van der Waals surface area (Å²) in [6.45, 7) is 7.57. The highest BCUT2D eigenvalue weighted by Crippen LogP contribution is 2.39. The highest BCUT2D eigenvalue weighted by molar-refractivity contribution is 6.02. The van der Waals surface area contributed by atoms with Gasteiger partial charge in [0.25, 0.3) is 5.56 Å². The van der Waals surface area contributed by atoms with Crippen molar-refractivity contribution in [1.29, 1.82) is 0 Å². The molecule has 0 radical (unpaired) electrons. The lowest BCUT2D eigenvalue weighted by molar-refractivity contribution is -0.172. The second-order valence-electron chi connectivity index (χ2n) is 9.41. The van der Waals surface area contributed by atoms with Gasteiger partial charge in [-0.2, -0.15) is 0 Å². The molecule has 1 unspecified atom stereocenters. The third-order valence-corrected chi connectivity index (χ3v) is 6.15. The monoisotopic (exact) mass is 447 g/mol. The molecular weight excluding hydrogens is 422 g/mol. The maximum atomic E-state index is 13.4. The van der Waals surface area contributed by atoms with Crippen molar-refractivity contribution >= 4 is 23.1 Å².